The van der Waals surface area contributed by atoms with Gasteiger partial charge in [0.1, 0.15) is 0 Å². The molecular weight excluding hydrogens is 346 g/mol. The number of nitrogens with one attached hydrogen (secondary N) is 1. The van der Waals surface area contributed by atoms with Crippen LogP contribution in [0.5, 0.6) is 0 Å². The van der Waals surface area contributed by atoms with Gasteiger partial charge >= 0.3 is 0 Å². The fraction of sp³-hybridized carbons (Fsp3) is 0.381. The Morgan fingerprint density at radius 1 is 1.15 bits per heavy atom. The summed E-state index contributed by atoms with van der Waals surface area (Å²) in [6, 6.07) is 18.6. The molecule has 0 radical (unpaired) electrons. The monoisotopic (exact) mass is 371 g/mol. The van der Waals surface area contributed by atoms with Crippen molar-refractivity contribution in [1.29, 1.82) is 0 Å². The van der Waals surface area contributed by atoms with E-state index < -0.39 is 0 Å². The van der Waals surface area contributed by atoms with Gasteiger partial charge in [-0.2, -0.15) is 0 Å². The van der Waals surface area contributed by atoms with E-state index in [0.717, 1.165) is 31.7 Å². The molecular formula is C21H26ClN3O. The van der Waals surface area contributed by atoms with Crippen LogP contribution in [0.15, 0.2) is 54.6 Å². The highest BCUT2D eigenvalue weighted by Crippen LogP contribution is 2.23. The van der Waals surface area contributed by atoms with E-state index in [0.29, 0.717) is 24.0 Å². The van der Waals surface area contributed by atoms with Crippen LogP contribution < -0.4 is 5.32 Å². The summed E-state index contributed by atoms with van der Waals surface area (Å²) < 4.78 is 0. The first-order chi connectivity index (χ1) is 12.6. The van der Waals surface area contributed by atoms with E-state index in [1.54, 1.807) is 0 Å². The molecule has 0 aliphatic carbocycles. The quantitative estimate of drug-likeness (QED) is 0.846. The molecule has 1 heterocycles. The number of amides is 1. The van der Waals surface area contributed by atoms with Crippen LogP contribution in [0, 0.1) is 0 Å². The average molecular weight is 372 g/mol. The first kappa shape index (κ1) is 18.9. The second-order valence-corrected chi connectivity index (χ2v) is 7.30. The number of likely N-dealkylation sites (N-methyl/N-ethyl adjacent to an activating group) is 1. The number of hydrogen-bond acceptors (Lipinski definition) is 3. The summed E-state index contributed by atoms with van der Waals surface area (Å²) in [5.41, 5.74) is 2.36. The molecule has 1 aliphatic heterocycles. The molecule has 26 heavy (non-hydrogen) atoms. The van der Waals surface area contributed by atoms with E-state index in [1.807, 2.05) is 30.3 Å². The number of carbonyl (C=O) groups excluding carboxylic acids is 1. The molecule has 0 bridgehead atoms. The summed E-state index contributed by atoms with van der Waals surface area (Å²) in [6.07, 6.45) is 0.520. The van der Waals surface area contributed by atoms with Crippen molar-refractivity contribution in [2.45, 2.75) is 19.0 Å². The highest BCUT2D eigenvalue weighted by Gasteiger charge is 2.25. The third kappa shape index (κ3) is 5.31. The number of benzene rings is 2. The Hall–Kier alpha value is -1.88. The Morgan fingerprint density at radius 2 is 1.96 bits per heavy atom. The zero-order chi connectivity index (χ0) is 18.4. The summed E-state index contributed by atoms with van der Waals surface area (Å²) >= 11 is 5.98. The maximum atomic E-state index is 12.2. The molecule has 1 unspecified atom stereocenters. The molecule has 0 saturated carbocycles. The Morgan fingerprint density at radius 3 is 2.73 bits per heavy atom. The normalized spacial score (nSPS) is 18.6. The van der Waals surface area contributed by atoms with E-state index in [4.69, 9.17) is 11.6 Å². The molecule has 5 heteroatoms. The molecule has 1 N–H and O–H groups in total. The fourth-order valence-corrected chi connectivity index (χ4v) is 3.58. The summed E-state index contributed by atoms with van der Waals surface area (Å²) in [6.45, 7) is 4.29. The summed E-state index contributed by atoms with van der Waals surface area (Å²) in [5, 5.41) is 3.68. The first-order valence-electron chi connectivity index (χ1n) is 9.10. The van der Waals surface area contributed by atoms with Crippen molar-refractivity contribution in [1.82, 2.24) is 15.1 Å². The lowest BCUT2D eigenvalue weighted by atomic mass is 10.0. The SMILES string of the molecule is CN1CCN(CCC(=O)NCc2cccc(Cl)c2)CC1c1ccccc1. The molecule has 2 aromatic rings. The van der Waals surface area contributed by atoms with Crippen LogP contribution in [-0.4, -0.2) is 48.9 Å². The number of piperazine rings is 1. The molecule has 2 aromatic carbocycles. The summed E-state index contributed by atoms with van der Waals surface area (Å²) in [4.78, 5) is 17.0. The third-order valence-electron chi connectivity index (χ3n) is 4.95. The second-order valence-electron chi connectivity index (χ2n) is 6.86. The highest BCUT2D eigenvalue weighted by molar-refractivity contribution is 6.30. The zero-order valence-corrected chi connectivity index (χ0v) is 16.0. The highest BCUT2D eigenvalue weighted by atomic mass is 35.5. The Bertz CT molecular complexity index is 722. The minimum absolute atomic E-state index is 0.0835. The Labute approximate surface area is 160 Å². The fourth-order valence-electron chi connectivity index (χ4n) is 3.36. The van der Waals surface area contributed by atoms with E-state index in [1.165, 1.54) is 5.56 Å². The Kier molecular flexibility index (Phi) is 6.67. The minimum Gasteiger partial charge on any atom is -0.352 e. The summed E-state index contributed by atoms with van der Waals surface area (Å²) in [7, 11) is 2.17. The predicted molar refractivity (Wildman–Crippen MR) is 106 cm³/mol. The topological polar surface area (TPSA) is 35.6 Å². The van der Waals surface area contributed by atoms with Crippen LogP contribution in [0.4, 0.5) is 0 Å². The molecule has 138 valence electrons. The van der Waals surface area contributed by atoms with Gasteiger partial charge in [0.15, 0.2) is 0 Å². The smallest absolute Gasteiger partial charge is 0.221 e. The molecule has 1 amide bonds. The van der Waals surface area contributed by atoms with Crippen molar-refractivity contribution in [3.63, 3.8) is 0 Å². The van der Waals surface area contributed by atoms with Gasteiger partial charge in [-0.05, 0) is 30.3 Å². The zero-order valence-electron chi connectivity index (χ0n) is 15.2. The number of carbonyl (C=O) groups is 1. The van der Waals surface area contributed by atoms with Crippen molar-refractivity contribution >= 4 is 17.5 Å². The van der Waals surface area contributed by atoms with Crippen molar-refractivity contribution in [3.05, 3.63) is 70.7 Å². The number of rotatable bonds is 6. The van der Waals surface area contributed by atoms with Crippen LogP contribution in [0.3, 0.4) is 0 Å². The second kappa shape index (κ2) is 9.17. The maximum Gasteiger partial charge on any atom is 0.221 e. The molecule has 1 saturated heterocycles. The van der Waals surface area contributed by atoms with Crippen LogP contribution in [0.25, 0.3) is 0 Å². The lowest BCUT2D eigenvalue weighted by molar-refractivity contribution is -0.121. The van der Waals surface area contributed by atoms with Crippen LogP contribution >= 0.6 is 11.6 Å². The molecule has 1 aliphatic rings. The number of nitrogens with zero attached hydrogens (tertiary/aromatic N) is 2. The molecule has 1 fully saturated rings. The van der Waals surface area contributed by atoms with Gasteiger partial charge in [0.25, 0.3) is 0 Å². The lowest BCUT2D eigenvalue weighted by Crippen LogP contribution is -2.47. The van der Waals surface area contributed by atoms with Gasteiger partial charge in [0.2, 0.25) is 5.91 Å². The molecule has 1 atom stereocenters. The molecule has 4 nitrogen and oxygen atoms in total. The maximum absolute atomic E-state index is 12.2. The lowest BCUT2D eigenvalue weighted by Gasteiger charge is -2.39. The van der Waals surface area contributed by atoms with Gasteiger partial charge < -0.3 is 5.32 Å². The van der Waals surface area contributed by atoms with Gasteiger partial charge in [0.05, 0.1) is 0 Å². The Balaban J connectivity index is 1.46. The predicted octanol–water partition coefficient (Wildman–Crippen LogP) is 3.34. The molecule has 0 aromatic heterocycles. The third-order valence-corrected chi connectivity index (χ3v) is 5.19. The number of hydrogen-bond donors (Lipinski definition) is 1. The average Bonchev–Trinajstić information content (AvgIpc) is 2.66. The van der Waals surface area contributed by atoms with Gasteiger partial charge in [-0.3, -0.25) is 14.6 Å². The van der Waals surface area contributed by atoms with E-state index in [2.05, 4.69) is 46.4 Å². The van der Waals surface area contributed by atoms with Crippen LogP contribution in [0.2, 0.25) is 5.02 Å². The van der Waals surface area contributed by atoms with Gasteiger partial charge in [-0.25, -0.2) is 0 Å². The first-order valence-corrected chi connectivity index (χ1v) is 9.48. The van der Waals surface area contributed by atoms with E-state index in [-0.39, 0.29) is 5.91 Å². The van der Waals surface area contributed by atoms with Crippen molar-refractivity contribution in [2.75, 3.05) is 33.2 Å². The minimum atomic E-state index is 0.0835. The van der Waals surface area contributed by atoms with Gasteiger partial charge in [-0.1, -0.05) is 54.1 Å². The van der Waals surface area contributed by atoms with Crippen molar-refractivity contribution < 1.29 is 4.79 Å². The molecule has 0 spiro atoms. The summed E-state index contributed by atoms with van der Waals surface area (Å²) in [5.74, 6) is 0.0835. The van der Waals surface area contributed by atoms with Crippen LogP contribution in [-0.2, 0) is 11.3 Å². The number of halogens is 1. The standard InChI is InChI=1S/C21H26ClN3O/c1-24-12-13-25(16-20(24)18-7-3-2-4-8-18)11-10-21(26)23-15-17-6-5-9-19(22)14-17/h2-9,14,20H,10-13,15-16H2,1H3,(H,23,26). The van der Waals surface area contributed by atoms with Crippen LogP contribution in [0.1, 0.15) is 23.6 Å². The largest absolute Gasteiger partial charge is 0.352 e. The van der Waals surface area contributed by atoms with E-state index in [9.17, 15) is 4.79 Å². The van der Waals surface area contributed by atoms with Crippen molar-refractivity contribution in [2.24, 2.45) is 0 Å². The van der Waals surface area contributed by atoms with Gasteiger partial charge in [-0.15, -0.1) is 0 Å². The van der Waals surface area contributed by atoms with Gasteiger partial charge in [0, 0.05) is 50.2 Å². The van der Waals surface area contributed by atoms with E-state index >= 15 is 0 Å². The van der Waals surface area contributed by atoms with Crippen molar-refractivity contribution in [3.8, 4) is 0 Å². The molecule has 3 rings (SSSR count).